The van der Waals surface area contributed by atoms with Crippen molar-refractivity contribution in [1.29, 1.82) is 0 Å². The Balaban J connectivity index is 1.58. The average molecular weight is 388 g/mol. The second-order valence-electron chi connectivity index (χ2n) is 6.58. The number of anilines is 2. The van der Waals surface area contributed by atoms with Gasteiger partial charge in [0.1, 0.15) is 5.75 Å². The largest absolute Gasteiger partial charge is 0.494 e. The second kappa shape index (κ2) is 10.1. The molecule has 3 aromatic rings. The maximum absolute atomic E-state index is 12.5. The van der Waals surface area contributed by atoms with Gasteiger partial charge in [-0.1, -0.05) is 37.6 Å². The van der Waals surface area contributed by atoms with Gasteiger partial charge in [-0.15, -0.1) is 0 Å². The van der Waals surface area contributed by atoms with E-state index in [2.05, 4.69) is 17.6 Å². The van der Waals surface area contributed by atoms with E-state index in [-0.39, 0.29) is 11.8 Å². The number of amides is 2. The smallest absolute Gasteiger partial charge is 0.255 e. The van der Waals surface area contributed by atoms with Gasteiger partial charge in [0.15, 0.2) is 0 Å². The van der Waals surface area contributed by atoms with E-state index in [4.69, 9.17) is 4.74 Å². The summed E-state index contributed by atoms with van der Waals surface area (Å²) in [5.41, 5.74) is 2.42. The molecule has 148 valence electrons. The molecule has 0 heterocycles. The Labute approximate surface area is 170 Å². The maximum atomic E-state index is 12.5. The molecule has 5 heteroatoms. The first-order valence-electron chi connectivity index (χ1n) is 9.66. The van der Waals surface area contributed by atoms with E-state index in [0.717, 1.165) is 12.8 Å². The number of rotatable bonds is 8. The Hall–Kier alpha value is -3.60. The van der Waals surface area contributed by atoms with Crippen molar-refractivity contribution >= 4 is 23.2 Å². The minimum absolute atomic E-state index is 0.178. The molecule has 0 unspecified atom stereocenters. The molecule has 0 bridgehead atoms. The van der Waals surface area contributed by atoms with Crippen LogP contribution in [0.5, 0.6) is 5.75 Å². The van der Waals surface area contributed by atoms with Crippen LogP contribution < -0.4 is 15.4 Å². The Kier molecular flexibility index (Phi) is 7.00. The van der Waals surface area contributed by atoms with Crippen molar-refractivity contribution in [2.24, 2.45) is 0 Å². The van der Waals surface area contributed by atoms with Crippen molar-refractivity contribution in [2.75, 3.05) is 17.2 Å². The van der Waals surface area contributed by atoms with Crippen LogP contribution in [0.3, 0.4) is 0 Å². The monoisotopic (exact) mass is 388 g/mol. The molecule has 0 aliphatic carbocycles. The molecular weight excluding hydrogens is 364 g/mol. The molecule has 0 spiro atoms. The molecule has 0 saturated carbocycles. The first-order valence-corrected chi connectivity index (χ1v) is 9.66. The van der Waals surface area contributed by atoms with Crippen LogP contribution in [0.15, 0.2) is 78.9 Å². The van der Waals surface area contributed by atoms with Crippen LogP contribution in [-0.4, -0.2) is 18.4 Å². The van der Waals surface area contributed by atoms with Crippen LogP contribution >= 0.6 is 0 Å². The van der Waals surface area contributed by atoms with E-state index in [1.807, 2.05) is 24.3 Å². The summed E-state index contributed by atoms with van der Waals surface area (Å²) >= 11 is 0. The topological polar surface area (TPSA) is 67.4 Å². The minimum atomic E-state index is -0.216. The van der Waals surface area contributed by atoms with Crippen molar-refractivity contribution < 1.29 is 14.3 Å². The van der Waals surface area contributed by atoms with E-state index in [1.165, 1.54) is 0 Å². The molecule has 2 N–H and O–H groups in total. The Bertz CT molecular complexity index is 953. The number of ether oxygens (including phenoxy) is 1. The Morgan fingerprint density at radius 3 is 1.97 bits per heavy atom. The number of carbonyl (C=O) groups is 2. The molecule has 0 saturated heterocycles. The Morgan fingerprint density at radius 1 is 0.759 bits per heavy atom. The minimum Gasteiger partial charge on any atom is -0.494 e. The van der Waals surface area contributed by atoms with Crippen LogP contribution in [0, 0.1) is 0 Å². The normalized spacial score (nSPS) is 10.2. The van der Waals surface area contributed by atoms with Crippen LogP contribution in [0.2, 0.25) is 0 Å². The van der Waals surface area contributed by atoms with Gasteiger partial charge >= 0.3 is 0 Å². The number of benzene rings is 3. The van der Waals surface area contributed by atoms with E-state index < -0.39 is 0 Å². The summed E-state index contributed by atoms with van der Waals surface area (Å²) in [7, 11) is 0. The SMILES string of the molecule is CCCCOc1cccc(C(=O)Nc2ccc(NC(=O)c3ccccc3)cc2)c1. The van der Waals surface area contributed by atoms with Gasteiger partial charge in [0.2, 0.25) is 0 Å². The quantitative estimate of drug-likeness (QED) is 0.510. The molecule has 0 fully saturated rings. The number of carbonyl (C=O) groups excluding carboxylic acids is 2. The van der Waals surface area contributed by atoms with E-state index in [9.17, 15) is 9.59 Å². The van der Waals surface area contributed by atoms with Gasteiger partial charge in [0, 0.05) is 22.5 Å². The zero-order valence-electron chi connectivity index (χ0n) is 16.4. The maximum Gasteiger partial charge on any atom is 0.255 e. The van der Waals surface area contributed by atoms with Crippen molar-refractivity contribution in [3.63, 3.8) is 0 Å². The highest BCUT2D eigenvalue weighted by atomic mass is 16.5. The summed E-state index contributed by atoms with van der Waals surface area (Å²) in [6, 6.07) is 23.1. The molecule has 0 radical (unpaired) electrons. The average Bonchev–Trinajstić information content (AvgIpc) is 2.76. The zero-order chi connectivity index (χ0) is 20.5. The van der Waals surface area contributed by atoms with Crippen LogP contribution in [0.1, 0.15) is 40.5 Å². The number of nitrogens with one attached hydrogen (secondary N) is 2. The second-order valence-corrected chi connectivity index (χ2v) is 6.58. The third-order valence-corrected chi connectivity index (χ3v) is 4.30. The lowest BCUT2D eigenvalue weighted by atomic mass is 10.2. The molecule has 3 rings (SSSR count). The summed E-state index contributed by atoms with van der Waals surface area (Å²) in [6.45, 7) is 2.74. The van der Waals surface area contributed by atoms with Gasteiger partial charge in [0.25, 0.3) is 11.8 Å². The number of hydrogen-bond acceptors (Lipinski definition) is 3. The van der Waals surface area contributed by atoms with Crippen LogP contribution in [0.4, 0.5) is 11.4 Å². The van der Waals surface area contributed by atoms with Gasteiger partial charge in [0.05, 0.1) is 6.61 Å². The van der Waals surface area contributed by atoms with Gasteiger partial charge < -0.3 is 15.4 Å². The molecule has 3 aromatic carbocycles. The summed E-state index contributed by atoms with van der Waals surface area (Å²) in [4.78, 5) is 24.7. The van der Waals surface area contributed by atoms with E-state index in [0.29, 0.717) is 34.9 Å². The predicted octanol–water partition coefficient (Wildman–Crippen LogP) is 5.37. The van der Waals surface area contributed by atoms with Crippen molar-refractivity contribution in [1.82, 2.24) is 0 Å². The lowest BCUT2D eigenvalue weighted by Gasteiger charge is -2.10. The molecule has 0 aromatic heterocycles. The molecular formula is C24H24N2O3. The summed E-state index contributed by atoms with van der Waals surface area (Å²) in [5, 5.41) is 5.69. The fraction of sp³-hybridized carbons (Fsp3) is 0.167. The van der Waals surface area contributed by atoms with Gasteiger partial charge in [-0.2, -0.15) is 0 Å². The fourth-order valence-electron chi connectivity index (χ4n) is 2.69. The molecule has 2 amide bonds. The van der Waals surface area contributed by atoms with Gasteiger partial charge in [-0.3, -0.25) is 9.59 Å². The van der Waals surface area contributed by atoms with Gasteiger partial charge in [-0.25, -0.2) is 0 Å². The lowest BCUT2D eigenvalue weighted by Crippen LogP contribution is -2.13. The summed E-state index contributed by atoms with van der Waals surface area (Å²) < 4.78 is 5.66. The van der Waals surface area contributed by atoms with Crippen LogP contribution in [0.25, 0.3) is 0 Å². The lowest BCUT2D eigenvalue weighted by molar-refractivity contribution is 0.101. The number of hydrogen-bond donors (Lipinski definition) is 2. The zero-order valence-corrected chi connectivity index (χ0v) is 16.4. The first-order chi connectivity index (χ1) is 14.2. The van der Waals surface area contributed by atoms with E-state index in [1.54, 1.807) is 54.6 Å². The van der Waals surface area contributed by atoms with Crippen LogP contribution in [-0.2, 0) is 0 Å². The highest BCUT2D eigenvalue weighted by Crippen LogP contribution is 2.18. The predicted molar refractivity (Wildman–Crippen MR) is 116 cm³/mol. The first kappa shape index (κ1) is 20.1. The molecule has 0 aliphatic rings. The molecule has 0 aliphatic heterocycles. The fourth-order valence-corrected chi connectivity index (χ4v) is 2.69. The summed E-state index contributed by atoms with van der Waals surface area (Å²) in [5.74, 6) is 0.291. The molecule has 5 nitrogen and oxygen atoms in total. The third-order valence-electron chi connectivity index (χ3n) is 4.30. The highest BCUT2D eigenvalue weighted by Gasteiger charge is 2.09. The van der Waals surface area contributed by atoms with Gasteiger partial charge in [-0.05, 0) is 61.0 Å². The standard InChI is InChI=1S/C24H24N2O3/c1-2-3-16-29-22-11-7-10-19(17-22)24(28)26-21-14-12-20(13-15-21)25-23(27)18-8-5-4-6-9-18/h4-15,17H,2-3,16H2,1H3,(H,25,27)(H,26,28). The third kappa shape index (κ3) is 5.94. The Morgan fingerprint density at radius 2 is 1.34 bits per heavy atom. The summed E-state index contributed by atoms with van der Waals surface area (Å²) in [6.07, 6.45) is 2.03. The van der Waals surface area contributed by atoms with Crippen molar-refractivity contribution in [3.8, 4) is 5.75 Å². The molecule has 0 atom stereocenters. The number of unbranched alkanes of at least 4 members (excludes halogenated alkanes) is 1. The van der Waals surface area contributed by atoms with E-state index >= 15 is 0 Å². The highest BCUT2D eigenvalue weighted by molar-refractivity contribution is 6.05. The van der Waals surface area contributed by atoms with Crippen molar-refractivity contribution in [2.45, 2.75) is 19.8 Å². The van der Waals surface area contributed by atoms with Crippen molar-refractivity contribution in [3.05, 3.63) is 90.0 Å². The molecule has 29 heavy (non-hydrogen) atoms.